The molecular formula is C31H52O11Si. The lowest BCUT2D eigenvalue weighted by atomic mass is 9.77. The van der Waals surface area contributed by atoms with Gasteiger partial charge in [0.05, 0.1) is 41.2 Å². The minimum atomic E-state index is -2.27. The molecule has 2 atom stereocenters. The van der Waals surface area contributed by atoms with E-state index in [-0.39, 0.29) is 30.3 Å². The molecule has 0 saturated heterocycles. The zero-order valence-electron chi connectivity index (χ0n) is 27.7. The first-order valence-corrected chi connectivity index (χ1v) is 17.6. The Morgan fingerprint density at radius 2 is 1.28 bits per heavy atom. The van der Waals surface area contributed by atoms with Crippen molar-refractivity contribution in [3.8, 4) is 0 Å². The quantitative estimate of drug-likeness (QED) is 0.0510. The minimum Gasteiger partial charge on any atom is -0.468 e. The summed E-state index contributed by atoms with van der Waals surface area (Å²) in [4.78, 5) is 63.3. The van der Waals surface area contributed by atoms with Gasteiger partial charge in [-0.1, -0.05) is 52.5 Å². The number of carbonyl (C=O) groups is 5. The summed E-state index contributed by atoms with van der Waals surface area (Å²) in [5.74, 6) is -4.37. The van der Waals surface area contributed by atoms with Crippen LogP contribution in [0.3, 0.4) is 0 Å². The summed E-state index contributed by atoms with van der Waals surface area (Å²) in [5.41, 5.74) is -3.35. The molecular weight excluding hydrogens is 576 g/mol. The standard InChI is InChI=1S/C31H52O11Si/c1-12-31(42-43(10,11)28(2,3)4)21-30(31,27(36)41-9)20-16-15-19-29(25(34)39-7,26(35)40-8)18-14-13-17-22(23(32)37-5)24(33)38-6/h12,22H,1,13-21H2,2-11H3/t30-,31+/m1/s1. The Balaban J connectivity index is 3.10. The molecule has 43 heavy (non-hydrogen) atoms. The third kappa shape index (κ3) is 8.26. The molecule has 1 aliphatic rings. The van der Waals surface area contributed by atoms with Gasteiger partial charge in [0, 0.05) is 0 Å². The number of hydrogen-bond acceptors (Lipinski definition) is 11. The molecule has 0 N–H and O–H groups in total. The van der Waals surface area contributed by atoms with E-state index in [0.717, 1.165) is 0 Å². The van der Waals surface area contributed by atoms with E-state index in [4.69, 9.17) is 28.1 Å². The van der Waals surface area contributed by atoms with Crippen LogP contribution in [0.5, 0.6) is 0 Å². The lowest BCUT2D eigenvalue weighted by Gasteiger charge is -2.40. The van der Waals surface area contributed by atoms with Gasteiger partial charge in [0.25, 0.3) is 0 Å². The summed E-state index contributed by atoms with van der Waals surface area (Å²) in [7, 11) is 3.86. The first-order chi connectivity index (χ1) is 19.9. The van der Waals surface area contributed by atoms with Crippen molar-refractivity contribution >= 4 is 38.2 Å². The molecule has 0 heterocycles. The van der Waals surface area contributed by atoms with Gasteiger partial charge < -0.3 is 28.1 Å². The van der Waals surface area contributed by atoms with Gasteiger partial charge in [-0.15, -0.1) is 6.58 Å². The van der Waals surface area contributed by atoms with Gasteiger partial charge in [0.15, 0.2) is 19.7 Å². The third-order valence-electron chi connectivity index (χ3n) is 9.33. The fourth-order valence-corrected chi connectivity index (χ4v) is 7.12. The molecule has 0 aromatic heterocycles. The van der Waals surface area contributed by atoms with Crippen LogP contribution in [-0.4, -0.2) is 79.3 Å². The Kier molecular flexibility index (Phi) is 13.6. The molecule has 0 aromatic rings. The monoisotopic (exact) mass is 628 g/mol. The van der Waals surface area contributed by atoms with E-state index in [2.05, 4.69) is 40.4 Å². The molecule has 0 aromatic carbocycles. The lowest BCUT2D eigenvalue weighted by molar-refractivity contribution is -0.171. The summed E-state index contributed by atoms with van der Waals surface area (Å²) in [6.07, 6.45) is 4.45. The summed E-state index contributed by atoms with van der Waals surface area (Å²) in [5, 5.41) is -0.0815. The van der Waals surface area contributed by atoms with Crippen molar-refractivity contribution in [1.82, 2.24) is 0 Å². The number of esters is 5. The Hall–Kier alpha value is -2.73. The van der Waals surface area contributed by atoms with Crippen LogP contribution < -0.4 is 0 Å². The largest absolute Gasteiger partial charge is 0.468 e. The van der Waals surface area contributed by atoms with E-state index in [1.807, 2.05) is 0 Å². The van der Waals surface area contributed by atoms with Crippen LogP contribution in [0, 0.1) is 16.7 Å². The predicted molar refractivity (Wildman–Crippen MR) is 161 cm³/mol. The summed E-state index contributed by atoms with van der Waals surface area (Å²) in [6, 6.07) is 0. The van der Waals surface area contributed by atoms with Gasteiger partial charge in [-0.05, 0) is 50.2 Å². The normalized spacial score (nSPS) is 20.2. The molecule has 0 radical (unpaired) electrons. The van der Waals surface area contributed by atoms with Gasteiger partial charge >= 0.3 is 29.8 Å². The molecule has 11 nitrogen and oxygen atoms in total. The molecule has 0 amide bonds. The van der Waals surface area contributed by atoms with Crippen molar-refractivity contribution in [2.45, 2.75) is 102 Å². The van der Waals surface area contributed by atoms with Gasteiger partial charge in [0.2, 0.25) is 0 Å². The van der Waals surface area contributed by atoms with E-state index in [9.17, 15) is 24.0 Å². The van der Waals surface area contributed by atoms with Crippen LogP contribution in [0.1, 0.15) is 78.6 Å². The van der Waals surface area contributed by atoms with E-state index >= 15 is 0 Å². The maximum absolute atomic E-state index is 13.1. The Bertz CT molecular complexity index is 999. The molecule has 12 heteroatoms. The smallest absolute Gasteiger partial charge is 0.323 e. The highest BCUT2D eigenvalue weighted by Gasteiger charge is 2.73. The van der Waals surface area contributed by atoms with E-state index < -0.39 is 54.5 Å². The average Bonchev–Trinajstić information content (AvgIpc) is 3.62. The van der Waals surface area contributed by atoms with E-state index in [1.54, 1.807) is 6.08 Å². The van der Waals surface area contributed by atoms with Crippen molar-refractivity contribution < 1.29 is 52.1 Å². The molecule has 1 aliphatic carbocycles. The van der Waals surface area contributed by atoms with Gasteiger partial charge in [-0.2, -0.15) is 0 Å². The van der Waals surface area contributed by atoms with Crippen LogP contribution in [0.4, 0.5) is 0 Å². The minimum absolute atomic E-state index is 0.0780. The topological polar surface area (TPSA) is 141 Å². The van der Waals surface area contributed by atoms with Crippen molar-refractivity contribution in [3.63, 3.8) is 0 Å². The maximum Gasteiger partial charge on any atom is 0.323 e. The summed E-state index contributed by atoms with van der Waals surface area (Å²) in [6.45, 7) is 14.6. The van der Waals surface area contributed by atoms with E-state index in [1.165, 1.54) is 35.5 Å². The number of methoxy groups -OCH3 is 5. The van der Waals surface area contributed by atoms with E-state index in [0.29, 0.717) is 38.5 Å². The highest BCUT2D eigenvalue weighted by Crippen LogP contribution is 2.65. The SMILES string of the molecule is C=C[C@]1(O[Si](C)(C)C(C)(C)C)C[C@]1(CCCCC(CCCCC(C(=O)OC)C(=O)OC)(C(=O)OC)C(=O)OC)C(=O)OC. The van der Waals surface area contributed by atoms with Crippen LogP contribution in [-0.2, 0) is 52.1 Å². The highest BCUT2D eigenvalue weighted by molar-refractivity contribution is 6.74. The molecule has 246 valence electrons. The first-order valence-electron chi connectivity index (χ1n) is 14.7. The molecule has 1 fully saturated rings. The molecule has 0 bridgehead atoms. The number of carbonyl (C=O) groups excluding carboxylic acids is 5. The summed E-state index contributed by atoms with van der Waals surface area (Å²) < 4.78 is 31.4. The zero-order chi connectivity index (χ0) is 33.3. The van der Waals surface area contributed by atoms with Gasteiger partial charge in [0.1, 0.15) is 5.41 Å². The number of unbranched alkanes of at least 4 members (excludes halogenated alkanes) is 2. The van der Waals surface area contributed by atoms with Crippen molar-refractivity contribution in [3.05, 3.63) is 12.7 Å². The number of hydrogen-bond donors (Lipinski definition) is 0. The number of ether oxygens (including phenoxy) is 5. The molecule has 0 aliphatic heterocycles. The van der Waals surface area contributed by atoms with Crippen LogP contribution in [0.2, 0.25) is 18.1 Å². The van der Waals surface area contributed by atoms with Crippen LogP contribution in [0.25, 0.3) is 0 Å². The first kappa shape index (κ1) is 38.3. The Labute approximate surface area is 257 Å². The second-order valence-corrected chi connectivity index (χ2v) is 17.5. The third-order valence-corrected chi connectivity index (χ3v) is 13.8. The van der Waals surface area contributed by atoms with Gasteiger partial charge in [-0.25, -0.2) is 0 Å². The summed E-state index contributed by atoms with van der Waals surface area (Å²) >= 11 is 0. The molecule has 1 saturated carbocycles. The van der Waals surface area contributed by atoms with Crippen LogP contribution >= 0.6 is 0 Å². The fraction of sp³-hybridized carbons (Fsp3) is 0.774. The zero-order valence-corrected chi connectivity index (χ0v) is 28.7. The second kappa shape index (κ2) is 15.3. The number of rotatable bonds is 18. The van der Waals surface area contributed by atoms with Gasteiger partial charge in [-0.3, -0.25) is 24.0 Å². The lowest BCUT2D eigenvalue weighted by Crippen LogP contribution is -2.47. The maximum atomic E-state index is 13.1. The van der Waals surface area contributed by atoms with Crippen molar-refractivity contribution in [2.75, 3.05) is 35.5 Å². The molecule has 0 unspecified atom stereocenters. The van der Waals surface area contributed by atoms with Crippen molar-refractivity contribution in [1.29, 1.82) is 0 Å². The Morgan fingerprint density at radius 3 is 1.67 bits per heavy atom. The fourth-order valence-electron chi connectivity index (χ4n) is 5.55. The van der Waals surface area contributed by atoms with Crippen molar-refractivity contribution in [2.24, 2.45) is 16.7 Å². The highest BCUT2D eigenvalue weighted by atomic mass is 28.4. The predicted octanol–water partition coefficient (Wildman–Crippen LogP) is 4.91. The average molecular weight is 629 g/mol. The second-order valence-electron chi connectivity index (χ2n) is 12.8. The molecule has 0 spiro atoms. The Morgan fingerprint density at radius 1 is 0.791 bits per heavy atom. The molecule has 1 rings (SSSR count). The van der Waals surface area contributed by atoms with Crippen LogP contribution in [0.15, 0.2) is 12.7 Å².